The SMILES string of the molecule is Cc1ccc(C(C)(C)N2CCC(CCc3ccc(F)s3)([C@H](F)OC(=O)NC(C)C)C2)cn1. The molecule has 1 amide bonds. The molecule has 1 N–H and O–H groups in total. The van der Waals surface area contributed by atoms with E-state index in [4.69, 9.17) is 4.74 Å². The fourth-order valence-electron chi connectivity index (χ4n) is 4.24. The lowest BCUT2D eigenvalue weighted by molar-refractivity contribution is -0.0842. The lowest BCUT2D eigenvalue weighted by Crippen LogP contribution is -2.45. The van der Waals surface area contributed by atoms with Crippen molar-refractivity contribution in [3.63, 3.8) is 0 Å². The van der Waals surface area contributed by atoms with Gasteiger partial charge >= 0.3 is 6.09 Å². The zero-order chi connectivity index (χ0) is 23.5. The number of carbonyl (C=O) groups excluding carboxylic acids is 1. The van der Waals surface area contributed by atoms with Crippen LogP contribution in [0.5, 0.6) is 0 Å². The van der Waals surface area contributed by atoms with Gasteiger partial charge in [0.1, 0.15) is 0 Å². The highest BCUT2D eigenvalue weighted by Crippen LogP contribution is 2.45. The summed E-state index contributed by atoms with van der Waals surface area (Å²) < 4.78 is 34.3. The topological polar surface area (TPSA) is 54.5 Å². The van der Waals surface area contributed by atoms with Gasteiger partial charge in [-0.2, -0.15) is 4.39 Å². The van der Waals surface area contributed by atoms with Crippen LogP contribution in [0.1, 0.15) is 56.7 Å². The fraction of sp³-hybridized carbons (Fsp3) is 0.583. The van der Waals surface area contributed by atoms with Crippen molar-refractivity contribution >= 4 is 17.4 Å². The van der Waals surface area contributed by atoms with Crippen molar-refractivity contribution in [2.45, 2.75) is 71.8 Å². The number of alkyl halides is 1. The minimum absolute atomic E-state index is 0.146. The second-order valence-electron chi connectivity index (χ2n) is 9.51. The minimum atomic E-state index is -1.76. The van der Waals surface area contributed by atoms with Gasteiger partial charge in [-0.1, -0.05) is 6.07 Å². The van der Waals surface area contributed by atoms with Crippen molar-refractivity contribution < 1.29 is 18.3 Å². The monoisotopic (exact) mass is 465 g/mol. The van der Waals surface area contributed by atoms with Crippen molar-refractivity contribution in [2.75, 3.05) is 13.1 Å². The van der Waals surface area contributed by atoms with E-state index in [-0.39, 0.29) is 16.7 Å². The number of halogens is 2. The Bertz CT molecular complexity index is 916. The summed E-state index contributed by atoms with van der Waals surface area (Å²) in [5.74, 6) is 0. The van der Waals surface area contributed by atoms with Crippen LogP contribution in [-0.4, -0.2) is 41.5 Å². The van der Waals surface area contributed by atoms with E-state index in [2.05, 4.69) is 35.1 Å². The molecule has 5 nitrogen and oxygen atoms in total. The largest absolute Gasteiger partial charge is 0.414 e. The van der Waals surface area contributed by atoms with E-state index >= 15 is 4.39 Å². The average Bonchev–Trinajstić information content (AvgIpc) is 3.33. The first kappa shape index (κ1) is 24.6. The third-order valence-corrected chi connectivity index (χ3v) is 7.32. The summed E-state index contributed by atoms with van der Waals surface area (Å²) in [5.41, 5.74) is 0.756. The molecule has 2 aromatic heterocycles. The van der Waals surface area contributed by atoms with Crippen molar-refractivity contribution in [3.8, 4) is 0 Å². The number of pyridine rings is 1. The lowest BCUT2D eigenvalue weighted by atomic mass is 9.81. The van der Waals surface area contributed by atoms with Crippen LogP contribution in [0.25, 0.3) is 0 Å². The second-order valence-corrected chi connectivity index (χ2v) is 10.6. The zero-order valence-electron chi connectivity index (χ0n) is 19.5. The van der Waals surface area contributed by atoms with Crippen LogP contribution in [0.3, 0.4) is 0 Å². The maximum Gasteiger partial charge on any atom is 0.409 e. The van der Waals surface area contributed by atoms with E-state index in [1.165, 1.54) is 6.07 Å². The molecule has 8 heteroatoms. The molecule has 0 bridgehead atoms. The smallest absolute Gasteiger partial charge is 0.409 e. The highest BCUT2D eigenvalue weighted by Gasteiger charge is 2.50. The number of ether oxygens (including phenoxy) is 1. The predicted octanol–water partition coefficient (Wildman–Crippen LogP) is 5.58. The third-order valence-electron chi connectivity index (χ3n) is 6.39. The summed E-state index contributed by atoms with van der Waals surface area (Å²) in [6.45, 7) is 10.8. The number of carbonyl (C=O) groups is 1. The van der Waals surface area contributed by atoms with E-state index in [0.29, 0.717) is 32.4 Å². The molecule has 0 spiro atoms. The first-order valence-electron chi connectivity index (χ1n) is 11.1. The number of nitrogens with zero attached hydrogens (tertiary/aromatic N) is 2. The van der Waals surface area contributed by atoms with Crippen molar-refractivity contribution in [1.82, 2.24) is 15.2 Å². The number of alkyl carbamates (subject to hydrolysis) is 1. The molecule has 0 saturated carbocycles. The van der Waals surface area contributed by atoms with Gasteiger partial charge < -0.3 is 10.1 Å². The number of hydrogen-bond acceptors (Lipinski definition) is 5. The van der Waals surface area contributed by atoms with E-state index in [9.17, 15) is 9.18 Å². The molecule has 1 aliphatic rings. The fourth-order valence-corrected chi connectivity index (χ4v) is 4.96. The maximum absolute atomic E-state index is 15.6. The molecule has 0 aliphatic carbocycles. The lowest BCUT2D eigenvalue weighted by Gasteiger charge is -2.38. The van der Waals surface area contributed by atoms with Gasteiger partial charge in [0.05, 0.1) is 5.41 Å². The highest BCUT2D eigenvalue weighted by molar-refractivity contribution is 7.10. The van der Waals surface area contributed by atoms with Gasteiger partial charge in [0.15, 0.2) is 5.13 Å². The van der Waals surface area contributed by atoms with Gasteiger partial charge in [0.2, 0.25) is 6.36 Å². The third kappa shape index (κ3) is 5.64. The minimum Gasteiger partial charge on any atom is -0.414 e. The Morgan fingerprint density at radius 1 is 1.34 bits per heavy atom. The molecule has 3 heterocycles. The van der Waals surface area contributed by atoms with Crippen LogP contribution in [0, 0.1) is 17.5 Å². The average molecular weight is 466 g/mol. The Morgan fingerprint density at radius 3 is 2.69 bits per heavy atom. The standard InChI is InChI=1S/C24H33F2N3O2S/c1-16(2)28-22(30)31-21(26)24(11-10-19-8-9-20(25)32-19)12-13-29(15-24)23(4,5)18-7-6-17(3)27-14-18/h6-9,14,16,21H,10-13,15H2,1-5H3,(H,28,30)/t21-,24?/m1/s1. The van der Waals surface area contributed by atoms with E-state index in [1.54, 1.807) is 19.9 Å². The molecular formula is C24H33F2N3O2S. The first-order chi connectivity index (χ1) is 15.0. The molecule has 1 unspecified atom stereocenters. The number of aromatic nitrogens is 1. The summed E-state index contributed by atoms with van der Waals surface area (Å²) in [5, 5.41) is 2.34. The molecule has 3 rings (SSSR count). The van der Waals surface area contributed by atoms with Crippen LogP contribution in [0.4, 0.5) is 13.6 Å². The van der Waals surface area contributed by atoms with E-state index in [0.717, 1.165) is 27.5 Å². The Labute approximate surface area is 193 Å². The molecule has 1 saturated heterocycles. The van der Waals surface area contributed by atoms with Crippen LogP contribution in [0.15, 0.2) is 30.5 Å². The normalized spacial score (nSPS) is 20.5. The van der Waals surface area contributed by atoms with Gasteiger partial charge in [-0.05, 0) is 84.2 Å². The van der Waals surface area contributed by atoms with Crippen LogP contribution < -0.4 is 5.32 Å². The Hall–Kier alpha value is -2.06. The van der Waals surface area contributed by atoms with Crippen LogP contribution >= 0.6 is 11.3 Å². The number of aryl methyl sites for hydroxylation is 2. The van der Waals surface area contributed by atoms with Gasteiger partial charge in [-0.15, -0.1) is 11.3 Å². The van der Waals surface area contributed by atoms with Crippen molar-refractivity contribution in [1.29, 1.82) is 0 Å². The van der Waals surface area contributed by atoms with Gasteiger partial charge in [-0.25, -0.2) is 9.18 Å². The van der Waals surface area contributed by atoms with Gasteiger partial charge in [0, 0.05) is 34.9 Å². The van der Waals surface area contributed by atoms with Gasteiger partial charge in [0.25, 0.3) is 0 Å². The van der Waals surface area contributed by atoms with Crippen LogP contribution in [-0.2, 0) is 16.7 Å². The highest BCUT2D eigenvalue weighted by atomic mass is 32.1. The Balaban J connectivity index is 1.80. The zero-order valence-corrected chi connectivity index (χ0v) is 20.3. The second kappa shape index (κ2) is 9.83. The van der Waals surface area contributed by atoms with Crippen molar-refractivity contribution in [3.05, 3.63) is 51.7 Å². The maximum atomic E-state index is 15.6. The van der Waals surface area contributed by atoms with Crippen molar-refractivity contribution in [2.24, 2.45) is 5.41 Å². The van der Waals surface area contributed by atoms with E-state index in [1.807, 2.05) is 19.2 Å². The number of hydrogen-bond donors (Lipinski definition) is 1. The summed E-state index contributed by atoms with van der Waals surface area (Å²) in [4.78, 5) is 19.6. The Morgan fingerprint density at radius 2 is 2.09 bits per heavy atom. The predicted molar refractivity (Wildman–Crippen MR) is 123 cm³/mol. The molecule has 2 atom stereocenters. The molecular weight excluding hydrogens is 432 g/mol. The number of likely N-dealkylation sites (tertiary alicyclic amines) is 1. The van der Waals surface area contributed by atoms with Gasteiger partial charge in [-0.3, -0.25) is 9.88 Å². The molecule has 2 aromatic rings. The number of thiophene rings is 1. The Kier molecular flexibility index (Phi) is 7.55. The summed E-state index contributed by atoms with van der Waals surface area (Å²) in [6, 6.07) is 7.05. The molecule has 1 fully saturated rings. The first-order valence-corrected chi connectivity index (χ1v) is 11.9. The molecule has 0 aromatic carbocycles. The van der Waals surface area contributed by atoms with Crippen LogP contribution in [0.2, 0.25) is 0 Å². The molecule has 0 radical (unpaired) electrons. The van der Waals surface area contributed by atoms with E-state index < -0.39 is 17.9 Å². The summed E-state index contributed by atoms with van der Waals surface area (Å²) in [6.07, 6.45) is 0.882. The quantitative estimate of drug-likeness (QED) is 0.553. The summed E-state index contributed by atoms with van der Waals surface area (Å²) >= 11 is 1.08. The summed E-state index contributed by atoms with van der Waals surface area (Å²) in [7, 11) is 0. The molecule has 1 aliphatic heterocycles. The molecule has 176 valence electrons. The number of amides is 1. The number of rotatable bonds is 8. The number of nitrogens with one attached hydrogen (secondary N) is 1. The molecule has 32 heavy (non-hydrogen) atoms.